The largest absolute Gasteiger partial charge is 0.485 e. The number of nitrogens with one attached hydrogen (secondary N) is 1. The van der Waals surface area contributed by atoms with Crippen LogP contribution in [-0.4, -0.2) is 36.1 Å². The SMILES string of the molecule is Nc1ncc(-c2ccc(N3CCNCC3)nc2)cc1OCc1ccc(Cl)cc1Cl. The Kier molecular flexibility index (Phi) is 6.04. The molecule has 1 aromatic carbocycles. The average Bonchev–Trinajstić information content (AvgIpc) is 2.75. The maximum atomic E-state index is 6.21. The lowest BCUT2D eigenvalue weighted by Gasteiger charge is -2.28. The van der Waals surface area contributed by atoms with E-state index in [9.17, 15) is 0 Å². The number of piperazine rings is 1. The number of halogens is 2. The van der Waals surface area contributed by atoms with E-state index in [1.165, 1.54) is 0 Å². The number of nitrogen functional groups attached to an aromatic ring is 1. The quantitative estimate of drug-likeness (QED) is 0.637. The zero-order valence-corrected chi connectivity index (χ0v) is 17.2. The monoisotopic (exact) mass is 429 g/mol. The van der Waals surface area contributed by atoms with Crippen molar-refractivity contribution in [3.63, 3.8) is 0 Å². The zero-order chi connectivity index (χ0) is 20.2. The van der Waals surface area contributed by atoms with E-state index in [0.717, 1.165) is 48.7 Å². The van der Waals surface area contributed by atoms with Crippen LogP contribution in [0.25, 0.3) is 11.1 Å². The molecule has 2 aromatic heterocycles. The summed E-state index contributed by atoms with van der Waals surface area (Å²) in [7, 11) is 0. The molecule has 150 valence electrons. The summed E-state index contributed by atoms with van der Waals surface area (Å²) in [6.07, 6.45) is 3.57. The van der Waals surface area contributed by atoms with Crippen molar-refractivity contribution < 1.29 is 4.74 Å². The Balaban J connectivity index is 1.50. The second-order valence-corrected chi connectivity index (χ2v) is 7.62. The highest BCUT2D eigenvalue weighted by atomic mass is 35.5. The molecule has 8 heteroatoms. The number of nitrogens with two attached hydrogens (primary N) is 1. The highest BCUT2D eigenvalue weighted by Gasteiger charge is 2.12. The van der Waals surface area contributed by atoms with Crippen molar-refractivity contribution in [1.82, 2.24) is 15.3 Å². The topological polar surface area (TPSA) is 76.3 Å². The molecule has 1 aliphatic rings. The maximum absolute atomic E-state index is 6.21. The predicted octanol–water partition coefficient (Wildman–Crippen LogP) is 4.02. The smallest absolute Gasteiger partial charge is 0.166 e. The third-order valence-corrected chi connectivity index (χ3v) is 5.39. The maximum Gasteiger partial charge on any atom is 0.166 e. The molecule has 29 heavy (non-hydrogen) atoms. The number of ether oxygens (including phenoxy) is 1. The normalized spacial score (nSPS) is 14.1. The van der Waals surface area contributed by atoms with Crippen LogP contribution in [0.2, 0.25) is 10.0 Å². The van der Waals surface area contributed by atoms with Gasteiger partial charge in [0, 0.05) is 65.3 Å². The van der Waals surface area contributed by atoms with Crippen LogP contribution in [0, 0.1) is 0 Å². The van der Waals surface area contributed by atoms with Gasteiger partial charge in [0.2, 0.25) is 0 Å². The van der Waals surface area contributed by atoms with Crippen molar-refractivity contribution in [1.29, 1.82) is 0 Å². The minimum absolute atomic E-state index is 0.269. The van der Waals surface area contributed by atoms with E-state index in [0.29, 0.717) is 21.6 Å². The molecule has 3 heterocycles. The van der Waals surface area contributed by atoms with Crippen LogP contribution in [0.1, 0.15) is 5.56 Å². The lowest BCUT2D eigenvalue weighted by Crippen LogP contribution is -2.43. The standard InChI is InChI=1S/C21H21Cl2N5O/c22-17-3-1-15(18(23)10-17)13-29-19-9-16(12-27-21(19)24)14-2-4-20(26-11-14)28-7-5-25-6-8-28/h1-4,9-12,25H,5-8,13H2,(H2,24,27). The summed E-state index contributed by atoms with van der Waals surface area (Å²) in [6.45, 7) is 4.14. The van der Waals surface area contributed by atoms with E-state index >= 15 is 0 Å². The summed E-state index contributed by atoms with van der Waals surface area (Å²) >= 11 is 12.2. The van der Waals surface area contributed by atoms with Gasteiger partial charge in [-0.1, -0.05) is 29.3 Å². The number of hydrogen-bond acceptors (Lipinski definition) is 6. The molecule has 1 aliphatic heterocycles. The van der Waals surface area contributed by atoms with Gasteiger partial charge in [-0.3, -0.25) is 0 Å². The second kappa shape index (κ2) is 8.86. The van der Waals surface area contributed by atoms with Gasteiger partial charge in [0.15, 0.2) is 11.6 Å². The highest BCUT2D eigenvalue weighted by Crippen LogP contribution is 2.29. The molecule has 4 rings (SSSR count). The van der Waals surface area contributed by atoms with Gasteiger partial charge in [-0.15, -0.1) is 0 Å². The molecule has 0 unspecified atom stereocenters. The minimum atomic E-state index is 0.269. The molecule has 1 fully saturated rings. The molecule has 0 aliphatic carbocycles. The molecule has 0 atom stereocenters. The van der Waals surface area contributed by atoms with E-state index in [1.807, 2.05) is 30.5 Å². The molecule has 0 radical (unpaired) electrons. The van der Waals surface area contributed by atoms with Crippen molar-refractivity contribution in [3.8, 4) is 16.9 Å². The summed E-state index contributed by atoms with van der Waals surface area (Å²) < 4.78 is 5.87. The molecule has 0 bridgehead atoms. The van der Waals surface area contributed by atoms with Crippen LogP contribution in [0.5, 0.6) is 5.75 Å². The Hall–Kier alpha value is -2.54. The predicted molar refractivity (Wildman–Crippen MR) is 118 cm³/mol. The Bertz CT molecular complexity index is 991. The van der Waals surface area contributed by atoms with Crippen LogP contribution in [-0.2, 0) is 6.61 Å². The van der Waals surface area contributed by atoms with Crippen LogP contribution < -0.4 is 20.7 Å². The number of nitrogens with zero attached hydrogens (tertiary/aromatic N) is 3. The Morgan fingerprint density at radius 3 is 2.52 bits per heavy atom. The molecular formula is C21H21Cl2N5O. The van der Waals surface area contributed by atoms with Crippen molar-refractivity contribution in [2.75, 3.05) is 36.8 Å². The summed E-state index contributed by atoms with van der Waals surface area (Å²) in [5.74, 6) is 1.80. The van der Waals surface area contributed by atoms with E-state index in [4.69, 9.17) is 33.7 Å². The summed E-state index contributed by atoms with van der Waals surface area (Å²) in [5.41, 5.74) is 8.65. The van der Waals surface area contributed by atoms with Crippen molar-refractivity contribution in [2.45, 2.75) is 6.61 Å². The average molecular weight is 430 g/mol. The van der Waals surface area contributed by atoms with Gasteiger partial charge in [0.25, 0.3) is 0 Å². The molecule has 6 nitrogen and oxygen atoms in total. The molecular weight excluding hydrogens is 409 g/mol. The molecule has 1 saturated heterocycles. The van der Waals surface area contributed by atoms with Crippen molar-refractivity contribution >= 4 is 34.8 Å². The van der Waals surface area contributed by atoms with Gasteiger partial charge < -0.3 is 20.7 Å². The fourth-order valence-corrected chi connectivity index (χ4v) is 3.62. The van der Waals surface area contributed by atoms with Gasteiger partial charge in [-0.25, -0.2) is 9.97 Å². The fraction of sp³-hybridized carbons (Fsp3) is 0.238. The van der Waals surface area contributed by atoms with Crippen molar-refractivity contribution in [3.05, 3.63) is 64.4 Å². The van der Waals surface area contributed by atoms with Crippen LogP contribution in [0.3, 0.4) is 0 Å². The first kappa shape index (κ1) is 19.8. The van der Waals surface area contributed by atoms with E-state index in [-0.39, 0.29) is 6.61 Å². The number of rotatable bonds is 5. The molecule has 0 saturated carbocycles. The third-order valence-electron chi connectivity index (χ3n) is 4.80. The van der Waals surface area contributed by atoms with E-state index in [1.54, 1.807) is 18.3 Å². The first-order chi connectivity index (χ1) is 14.1. The number of aromatic nitrogens is 2. The third kappa shape index (κ3) is 4.72. The molecule has 3 N–H and O–H groups in total. The number of hydrogen-bond donors (Lipinski definition) is 2. The van der Waals surface area contributed by atoms with Crippen LogP contribution in [0.4, 0.5) is 11.6 Å². The van der Waals surface area contributed by atoms with Gasteiger partial charge in [-0.2, -0.15) is 0 Å². The molecule has 0 amide bonds. The van der Waals surface area contributed by atoms with Crippen LogP contribution in [0.15, 0.2) is 48.8 Å². The Labute approximate surface area is 179 Å². The fourth-order valence-electron chi connectivity index (χ4n) is 3.16. The Morgan fingerprint density at radius 1 is 1.00 bits per heavy atom. The van der Waals surface area contributed by atoms with Gasteiger partial charge in [-0.05, 0) is 30.3 Å². The number of benzene rings is 1. The lowest BCUT2D eigenvalue weighted by atomic mass is 10.1. The van der Waals surface area contributed by atoms with Gasteiger partial charge >= 0.3 is 0 Å². The highest BCUT2D eigenvalue weighted by molar-refractivity contribution is 6.35. The van der Waals surface area contributed by atoms with Gasteiger partial charge in [0.05, 0.1) is 0 Å². The number of pyridine rings is 2. The summed E-state index contributed by atoms with van der Waals surface area (Å²) in [6, 6.07) is 11.2. The van der Waals surface area contributed by atoms with Crippen molar-refractivity contribution in [2.24, 2.45) is 0 Å². The molecule has 0 spiro atoms. The van der Waals surface area contributed by atoms with E-state index < -0.39 is 0 Å². The minimum Gasteiger partial charge on any atom is -0.485 e. The summed E-state index contributed by atoms with van der Waals surface area (Å²) in [5, 5.41) is 4.48. The van der Waals surface area contributed by atoms with Gasteiger partial charge in [0.1, 0.15) is 12.4 Å². The lowest BCUT2D eigenvalue weighted by molar-refractivity contribution is 0.307. The van der Waals surface area contributed by atoms with E-state index in [2.05, 4.69) is 20.2 Å². The Morgan fingerprint density at radius 2 is 1.79 bits per heavy atom. The molecule has 3 aromatic rings. The first-order valence-electron chi connectivity index (χ1n) is 9.34. The number of anilines is 2. The first-order valence-corrected chi connectivity index (χ1v) is 10.1. The zero-order valence-electron chi connectivity index (χ0n) is 15.7. The summed E-state index contributed by atoms with van der Waals surface area (Å²) in [4.78, 5) is 11.2. The second-order valence-electron chi connectivity index (χ2n) is 6.77. The van der Waals surface area contributed by atoms with Crippen LogP contribution >= 0.6 is 23.2 Å².